The molecular formula is C21H29N5O2. The molecule has 0 atom stereocenters. The fraction of sp³-hybridized carbons (Fsp3) is 0.571. The molecule has 2 aliphatic rings. The predicted octanol–water partition coefficient (Wildman–Crippen LogP) is 2.06. The predicted molar refractivity (Wildman–Crippen MR) is 106 cm³/mol. The smallest absolute Gasteiger partial charge is 0.316 e. The molecular weight excluding hydrogens is 354 g/mol. The average Bonchev–Trinajstić information content (AvgIpc) is 2.72. The van der Waals surface area contributed by atoms with E-state index in [4.69, 9.17) is 9.47 Å². The molecule has 2 saturated heterocycles. The Morgan fingerprint density at radius 1 is 1.00 bits per heavy atom. The van der Waals surface area contributed by atoms with Crippen LogP contribution in [0, 0.1) is 6.92 Å². The van der Waals surface area contributed by atoms with E-state index in [1.54, 1.807) is 7.11 Å². The first-order valence-corrected chi connectivity index (χ1v) is 9.99. The highest BCUT2D eigenvalue weighted by Gasteiger charge is 2.39. The maximum absolute atomic E-state index is 6.29. The van der Waals surface area contributed by atoms with Gasteiger partial charge in [0.15, 0.2) is 0 Å². The van der Waals surface area contributed by atoms with Crippen molar-refractivity contribution in [1.82, 2.24) is 24.8 Å². The summed E-state index contributed by atoms with van der Waals surface area (Å²) in [6.45, 7) is 8.65. The number of hydrogen-bond acceptors (Lipinski definition) is 7. The Balaban J connectivity index is 1.30. The number of ether oxygens (including phenoxy) is 2. The summed E-state index contributed by atoms with van der Waals surface area (Å²) in [7, 11) is 1.59. The Hall–Kier alpha value is -2.09. The maximum Gasteiger partial charge on any atom is 0.316 e. The van der Waals surface area contributed by atoms with Crippen LogP contribution in [-0.2, 0) is 17.8 Å². The van der Waals surface area contributed by atoms with E-state index in [2.05, 4.69) is 43.8 Å². The topological polar surface area (TPSA) is 63.6 Å². The third-order valence-corrected chi connectivity index (χ3v) is 5.72. The van der Waals surface area contributed by atoms with Gasteiger partial charge in [0.05, 0.1) is 25.0 Å². The van der Waals surface area contributed by atoms with Crippen LogP contribution in [0.1, 0.15) is 29.7 Å². The van der Waals surface area contributed by atoms with Gasteiger partial charge in [-0.1, -0.05) is 6.07 Å². The first kappa shape index (κ1) is 19.2. The molecule has 2 aromatic heterocycles. The molecule has 0 aliphatic carbocycles. The van der Waals surface area contributed by atoms with Crippen LogP contribution in [0.5, 0.6) is 6.01 Å². The van der Waals surface area contributed by atoms with Crippen LogP contribution in [-0.4, -0.2) is 70.2 Å². The number of nitrogens with zero attached hydrogens (tertiary/aromatic N) is 5. The molecule has 2 aromatic rings. The van der Waals surface area contributed by atoms with Gasteiger partial charge in [-0.25, -0.2) is 9.97 Å². The molecule has 0 saturated carbocycles. The summed E-state index contributed by atoms with van der Waals surface area (Å²) in [5.74, 6) is 0. The Morgan fingerprint density at radius 2 is 1.79 bits per heavy atom. The van der Waals surface area contributed by atoms with Gasteiger partial charge < -0.3 is 9.47 Å². The van der Waals surface area contributed by atoms with Crippen molar-refractivity contribution < 1.29 is 9.47 Å². The van der Waals surface area contributed by atoms with E-state index < -0.39 is 0 Å². The van der Waals surface area contributed by atoms with Crippen LogP contribution in [0.25, 0.3) is 0 Å². The normalized spacial score (nSPS) is 20.4. The summed E-state index contributed by atoms with van der Waals surface area (Å²) in [4.78, 5) is 17.9. The number of pyridine rings is 1. The van der Waals surface area contributed by atoms with Crippen LogP contribution in [0.3, 0.4) is 0 Å². The number of methoxy groups -OCH3 is 1. The standard InChI is InChI=1S/C21H29N5O2/c1-17-3-4-19(22-11-17)15-25-7-5-21(6-8-25)16-26(9-10-28-21)14-18-12-23-20(27-2)24-13-18/h3-4,11-13H,5-10,14-16H2,1-2H3. The highest BCUT2D eigenvalue weighted by atomic mass is 16.5. The molecule has 2 fully saturated rings. The van der Waals surface area contributed by atoms with Crippen LogP contribution in [0.4, 0.5) is 0 Å². The molecule has 0 unspecified atom stereocenters. The summed E-state index contributed by atoms with van der Waals surface area (Å²) >= 11 is 0. The quantitative estimate of drug-likeness (QED) is 0.783. The van der Waals surface area contributed by atoms with Gasteiger partial charge in [-0.05, 0) is 31.4 Å². The lowest BCUT2D eigenvalue weighted by Gasteiger charge is -2.47. The zero-order valence-electron chi connectivity index (χ0n) is 16.8. The van der Waals surface area contributed by atoms with Gasteiger partial charge in [0.25, 0.3) is 0 Å². The fourth-order valence-electron chi connectivity index (χ4n) is 4.09. The van der Waals surface area contributed by atoms with Gasteiger partial charge in [0.2, 0.25) is 0 Å². The molecule has 7 heteroatoms. The van der Waals surface area contributed by atoms with Gasteiger partial charge in [0.1, 0.15) is 0 Å². The summed E-state index contributed by atoms with van der Waals surface area (Å²) in [6, 6.07) is 4.69. The number of aryl methyl sites for hydroxylation is 1. The third kappa shape index (κ3) is 4.66. The third-order valence-electron chi connectivity index (χ3n) is 5.72. The van der Waals surface area contributed by atoms with Crippen molar-refractivity contribution in [2.75, 3.05) is 39.9 Å². The molecule has 1 spiro atoms. The molecule has 2 aliphatic heterocycles. The summed E-state index contributed by atoms with van der Waals surface area (Å²) in [5.41, 5.74) is 3.44. The minimum Gasteiger partial charge on any atom is -0.467 e. The Kier molecular flexibility index (Phi) is 5.85. The number of morpholine rings is 1. The molecule has 4 heterocycles. The van der Waals surface area contributed by atoms with Crippen LogP contribution >= 0.6 is 0 Å². The number of rotatable bonds is 5. The van der Waals surface area contributed by atoms with Gasteiger partial charge in [0, 0.05) is 63.4 Å². The lowest BCUT2D eigenvalue weighted by atomic mass is 9.89. The molecule has 0 amide bonds. The van der Waals surface area contributed by atoms with Crippen molar-refractivity contribution in [3.05, 3.63) is 47.5 Å². The van der Waals surface area contributed by atoms with E-state index in [1.165, 1.54) is 5.56 Å². The highest BCUT2D eigenvalue weighted by molar-refractivity contribution is 5.12. The van der Waals surface area contributed by atoms with Crippen LogP contribution < -0.4 is 4.74 Å². The first-order chi connectivity index (χ1) is 13.6. The lowest BCUT2D eigenvalue weighted by Crippen LogP contribution is -2.56. The van der Waals surface area contributed by atoms with Gasteiger partial charge >= 0.3 is 6.01 Å². The number of piperidine rings is 1. The lowest BCUT2D eigenvalue weighted by molar-refractivity contribution is -0.138. The van der Waals surface area contributed by atoms with Crippen molar-refractivity contribution in [2.24, 2.45) is 0 Å². The molecule has 28 heavy (non-hydrogen) atoms. The summed E-state index contributed by atoms with van der Waals surface area (Å²) in [5, 5.41) is 0. The zero-order chi connectivity index (χ0) is 19.4. The Bertz CT molecular complexity index is 757. The molecule has 150 valence electrons. The minimum atomic E-state index is -0.0250. The second-order valence-corrected chi connectivity index (χ2v) is 7.92. The van der Waals surface area contributed by atoms with Crippen LogP contribution in [0.15, 0.2) is 30.7 Å². The first-order valence-electron chi connectivity index (χ1n) is 9.99. The zero-order valence-corrected chi connectivity index (χ0v) is 16.8. The van der Waals surface area contributed by atoms with E-state index in [1.807, 2.05) is 18.6 Å². The average molecular weight is 383 g/mol. The minimum absolute atomic E-state index is 0.0250. The van der Waals surface area contributed by atoms with Crippen molar-refractivity contribution in [1.29, 1.82) is 0 Å². The van der Waals surface area contributed by atoms with Crippen molar-refractivity contribution in [2.45, 2.75) is 38.5 Å². The second-order valence-electron chi connectivity index (χ2n) is 7.92. The summed E-state index contributed by atoms with van der Waals surface area (Å²) < 4.78 is 11.3. The van der Waals surface area contributed by atoms with Gasteiger partial charge in [-0.15, -0.1) is 0 Å². The molecule has 0 radical (unpaired) electrons. The van der Waals surface area contributed by atoms with Crippen molar-refractivity contribution >= 4 is 0 Å². The number of aromatic nitrogens is 3. The number of hydrogen-bond donors (Lipinski definition) is 0. The van der Waals surface area contributed by atoms with Gasteiger partial charge in [-0.2, -0.15) is 0 Å². The van der Waals surface area contributed by atoms with E-state index in [0.717, 1.165) is 70.0 Å². The molecule has 0 aromatic carbocycles. The Labute approximate surface area is 166 Å². The molecule has 0 bridgehead atoms. The van der Waals surface area contributed by atoms with Gasteiger partial charge in [-0.3, -0.25) is 14.8 Å². The van der Waals surface area contributed by atoms with E-state index in [0.29, 0.717) is 6.01 Å². The van der Waals surface area contributed by atoms with E-state index >= 15 is 0 Å². The van der Waals surface area contributed by atoms with E-state index in [-0.39, 0.29) is 5.60 Å². The van der Waals surface area contributed by atoms with Crippen molar-refractivity contribution in [3.8, 4) is 6.01 Å². The second kappa shape index (κ2) is 8.51. The SMILES string of the molecule is COc1ncc(CN2CCOC3(CCN(Cc4ccc(C)cn4)CC3)C2)cn1. The largest absolute Gasteiger partial charge is 0.467 e. The fourth-order valence-corrected chi connectivity index (χ4v) is 4.09. The van der Waals surface area contributed by atoms with Crippen molar-refractivity contribution in [3.63, 3.8) is 0 Å². The Morgan fingerprint density at radius 3 is 2.46 bits per heavy atom. The highest BCUT2D eigenvalue weighted by Crippen LogP contribution is 2.31. The maximum atomic E-state index is 6.29. The molecule has 7 nitrogen and oxygen atoms in total. The van der Waals surface area contributed by atoms with Crippen LogP contribution in [0.2, 0.25) is 0 Å². The monoisotopic (exact) mass is 383 g/mol. The van der Waals surface area contributed by atoms with E-state index in [9.17, 15) is 0 Å². The summed E-state index contributed by atoms with van der Waals surface area (Å²) in [6.07, 6.45) is 7.78. The molecule has 4 rings (SSSR count). The molecule has 0 N–H and O–H groups in total. The number of likely N-dealkylation sites (tertiary alicyclic amines) is 1.